The van der Waals surface area contributed by atoms with E-state index in [1.54, 1.807) is 12.0 Å². The van der Waals surface area contributed by atoms with Crippen LogP contribution in [0.1, 0.15) is 25.3 Å². The number of hydrogen-bond donors (Lipinski definition) is 1. The van der Waals surface area contributed by atoms with Gasteiger partial charge in [0.2, 0.25) is 11.8 Å². The zero-order chi connectivity index (χ0) is 17.6. The van der Waals surface area contributed by atoms with Gasteiger partial charge in [-0.1, -0.05) is 12.1 Å². The van der Waals surface area contributed by atoms with Crippen LogP contribution in [0.4, 0.5) is 0 Å². The lowest BCUT2D eigenvalue weighted by Crippen LogP contribution is -2.55. The Labute approximate surface area is 143 Å². The molecule has 0 aliphatic carbocycles. The largest absolute Gasteiger partial charge is 0.491 e. The van der Waals surface area contributed by atoms with Crippen molar-refractivity contribution >= 4 is 11.8 Å². The third-order valence-corrected chi connectivity index (χ3v) is 4.31. The third kappa shape index (κ3) is 4.96. The Balaban J connectivity index is 1.97. The van der Waals surface area contributed by atoms with Gasteiger partial charge in [0.15, 0.2) is 0 Å². The molecular weight excluding hydrogens is 308 g/mol. The average Bonchev–Trinajstić information content (AvgIpc) is 2.58. The molecule has 1 fully saturated rings. The first kappa shape index (κ1) is 18.3. The minimum Gasteiger partial charge on any atom is -0.491 e. The Hall–Kier alpha value is -2.08. The number of ether oxygens (including phenoxy) is 2. The molecule has 0 radical (unpaired) electrons. The lowest BCUT2D eigenvalue weighted by Gasteiger charge is -2.41. The average molecular weight is 334 g/mol. The summed E-state index contributed by atoms with van der Waals surface area (Å²) in [6.07, 6.45) is 1.68. The predicted molar refractivity (Wildman–Crippen MR) is 90.9 cm³/mol. The first-order chi connectivity index (χ1) is 11.4. The molecule has 1 N–H and O–H groups in total. The Morgan fingerprint density at radius 3 is 2.83 bits per heavy atom. The van der Waals surface area contributed by atoms with Gasteiger partial charge in [-0.05, 0) is 37.5 Å². The number of piperidine rings is 1. The monoisotopic (exact) mass is 334 g/mol. The van der Waals surface area contributed by atoms with Crippen molar-refractivity contribution in [3.05, 3.63) is 29.8 Å². The number of carbonyl (C=O) groups is 2. The number of methoxy groups -OCH3 is 1. The smallest absolute Gasteiger partial charge is 0.242 e. The van der Waals surface area contributed by atoms with Crippen LogP contribution in [0.5, 0.6) is 5.75 Å². The summed E-state index contributed by atoms with van der Waals surface area (Å²) in [5, 5.41) is 2.55. The van der Waals surface area contributed by atoms with E-state index in [1.807, 2.05) is 31.2 Å². The van der Waals surface area contributed by atoms with Crippen LogP contribution in [0.2, 0.25) is 0 Å². The van der Waals surface area contributed by atoms with Gasteiger partial charge in [-0.3, -0.25) is 9.59 Å². The molecule has 1 saturated heterocycles. The van der Waals surface area contributed by atoms with E-state index in [-0.39, 0.29) is 18.4 Å². The van der Waals surface area contributed by atoms with Crippen LogP contribution in [0.15, 0.2) is 24.3 Å². The van der Waals surface area contributed by atoms with Crippen LogP contribution in [0.3, 0.4) is 0 Å². The predicted octanol–water partition coefficient (Wildman–Crippen LogP) is 1.52. The van der Waals surface area contributed by atoms with Gasteiger partial charge < -0.3 is 19.7 Å². The lowest BCUT2D eigenvalue weighted by molar-refractivity contribution is -0.143. The minimum atomic E-state index is -0.520. The summed E-state index contributed by atoms with van der Waals surface area (Å²) in [7, 11) is 1.65. The van der Waals surface area contributed by atoms with Gasteiger partial charge >= 0.3 is 0 Å². The summed E-state index contributed by atoms with van der Waals surface area (Å²) >= 11 is 0. The Bertz CT molecular complexity index is 590. The maximum absolute atomic E-state index is 12.2. The van der Waals surface area contributed by atoms with Crippen LogP contribution < -0.4 is 10.1 Å². The summed E-state index contributed by atoms with van der Waals surface area (Å²) in [5.74, 6) is 0.496. The summed E-state index contributed by atoms with van der Waals surface area (Å²) < 4.78 is 11.6. The standard InChI is InChI=1S/C18H26N2O4/c1-14-6-4-7-16(10-14)24-13-18(23-3)8-5-9-20(12-18)17(22)11-19-15(2)21/h4,6-7,10H,5,8-9,11-13H2,1-3H3,(H,19,21). The van der Waals surface area contributed by atoms with E-state index in [1.165, 1.54) is 6.92 Å². The highest BCUT2D eigenvalue weighted by atomic mass is 16.5. The van der Waals surface area contributed by atoms with Gasteiger partial charge in [-0.15, -0.1) is 0 Å². The molecule has 24 heavy (non-hydrogen) atoms. The van der Waals surface area contributed by atoms with Crippen molar-refractivity contribution in [2.75, 3.05) is 33.4 Å². The zero-order valence-corrected chi connectivity index (χ0v) is 14.6. The summed E-state index contributed by atoms with van der Waals surface area (Å²) in [4.78, 5) is 25.0. The van der Waals surface area contributed by atoms with Gasteiger partial charge in [-0.2, -0.15) is 0 Å². The number of nitrogens with zero attached hydrogens (tertiary/aromatic N) is 1. The number of hydrogen-bond acceptors (Lipinski definition) is 4. The van der Waals surface area contributed by atoms with Gasteiger partial charge in [-0.25, -0.2) is 0 Å². The number of likely N-dealkylation sites (tertiary alicyclic amines) is 1. The number of amides is 2. The Morgan fingerprint density at radius 1 is 1.38 bits per heavy atom. The fourth-order valence-electron chi connectivity index (χ4n) is 2.89. The number of carbonyl (C=O) groups excluding carboxylic acids is 2. The maximum Gasteiger partial charge on any atom is 0.242 e. The van der Waals surface area contributed by atoms with Crippen molar-refractivity contribution in [1.29, 1.82) is 0 Å². The van der Waals surface area contributed by atoms with Crippen molar-refractivity contribution < 1.29 is 19.1 Å². The minimum absolute atomic E-state index is 0.0217. The molecule has 0 aromatic heterocycles. The van der Waals surface area contributed by atoms with E-state index >= 15 is 0 Å². The SMILES string of the molecule is COC1(COc2cccc(C)c2)CCCN(C(=O)CNC(C)=O)C1. The molecule has 1 aliphatic rings. The second kappa shape index (κ2) is 8.15. The van der Waals surface area contributed by atoms with Gasteiger partial charge in [0.1, 0.15) is 18.0 Å². The summed E-state index contributed by atoms with van der Waals surface area (Å²) in [5.41, 5.74) is 0.614. The molecule has 132 valence electrons. The van der Waals surface area contributed by atoms with E-state index in [2.05, 4.69) is 5.32 Å². The highest BCUT2D eigenvalue weighted by Crippen LogP contribution is 2.26. The highest BCUT2D eigenvalue weighted by Gasteiger charge is 2.38. The molecule has 2 amide bonds. The van der Waals surface area contributed by atoms with E-state index in [4.69, 9.17) is 9.47 Å². The molecule has 1 aromatic rings. The fraction of sp³-hybridized carbons (Fsp3) is 0.556. The number of rotatable bonds is 6. The molecule has 1 aromatic carbocycles. The van der Waals surface area contributed by atoms with Crippen molar-refractivity contribution in [1.82, 2.24) is 10.2 Å². The molecular formula is C18H26N2O4. The lowest BCUT2D eigenvalue weighted by atomic mass is 9.93. The van der Waals surface area contributed by atoms with Crippen LogP contribution >= 0.6 is 0 Å². The first-order valence-corrected chi connectivity index (χ1v) is 8.21. The molecule has 1 aliphatic heterocycles. The zero-order valence-electron chi connectivity index (χ0n) is 14.6. The molecule has 1 unspecified atom stereocenters. The van der Waals surface area contributed by atoms with E-state index in [0.29, 0.717) is 19.7 Å². The normalized spacial score (nSPS) is 20.5. The second-order valence-corrected chi connectivity index (χ2v) is 6.32. The van der Waals surface area contributed by atoms with E-state index in [0.717, 1.165) is 24.2 Å². The first-order valence-electron chi connectivity index (χ1n) is 8.21. The summed E-state index contributed by atoms with van der Waals surface area (Å²) in [6.45, 7) is 4.97. The van der Waals surface area contributed by atoms with Crippen molar-refractivity contribution in [3.8, 4) is 5.75 Å². The molecule has 6 nitrogen and oxygen atoms in total. The van der Waals surface area contributed by atoms with E-state index < -0.39 is 5.60 Å². The topological polar surface area (TPSA) is 67.9 Å². The third-order valence-electron chi connectivity index (χ3n) is 4.31. The van der Waals surface area contributed by atoms with Crippen LogP contribution in [0, 0.1) is 6.92 Å². The molecule has 2 rings (SSSR count). The van der Waals surface area contributed by atoms with Gasteiger partial charge in [0.25, 0.3) is 0 Å². The molecule has 6 heteroatoms. The van der Waals surface area contributed by atoms with Crippen LogP contribution in [0.25, 0.3) is 0 Å². The molecule has 0 bridgehead atoms. The molecule has 0 saturated carbocycles. The van der Waals surface area contributed by atoms with Crippen molar-refractivity contribution in [3.63, 3.8) is 0 Å². The highest BCUT2D eigenvalue weighted by molar-refractivity contribution is 5.83. The van der Waals surface area contributed by atoms with Crippen LogP contribution in [-0.4, -0.2) is 55.7 Å². The van der Waals surface area contributed by atoms with Crippen molar-refractivity contribution in [2.24, 2.45) is 0 Å². The molecule has 1 atom stereocenters. The fourth-order valence-corrected chi connectivity index (χ4v) is 2.89. The number of benzene rings is 1. The Kier molecular flexibility index (Phi) is 6.20. The maximum atomic E-state index is 12.2. The van der Waals surface area contributed by atoms with Crippen molar-refractivity contribution in [2.45, 2.75) is 32.3 Å². The quantitative estimate of drug-likeness (QED) is 0.856. The second-order valence-electron chi connectivity index (χ2n) is 6.32. The summed E-state index contributed by atoms with van der Waals surface area (Å²) in [6, 6.07) is 7.86. The Morgan fingerprint density at radius 2 is 2.17 bits per heavy atom. The molecule has 1 heterocycles. The van der Waals surface area contributed by atoms with Gasteiger partial charge in [0, 0.05) is 20.6 Å². The molecule has 0 spiro atoms. The number of nitrogens with one attached hydrogen (secondary N) is 1. The van der Waals surface area contributed by atoms with Crippen LogP contribution in [-0.2, 0) is 14.3 Å². The van der Waals surface area contributed by atoms with E-state index in [9.17, 15) is 9.59 Å². The van der Waals surface area contributed by atoms with Gasteiger partial charge in [0.05, 0.1) is 13.1 Å². The number of aryl methyl sites for hydroxylation is 1.